The molecule has 3 aliphatic rings. The molecule has 2 N–H and O–H groups in total. The topological polar surface area (TPSA) is 33.3 Å². The monoisotopic (exact) mass is 518 g/mol. The highest BCUT2D eigenvalue weighted by Gasteiger charge is 2.34. The lowest BCUT2D eigenvalue weighted by Gasteiger charge is -2.34. The van der Waals surface area contributed by atoms with Crippen LogP contribution in [0.25, 0.3) is 34.1 Å². The Labute approximate surface area is 234 Å². The zero-order chi connectivity index (χ0) is 26.8. The van der Waals surface area contributed by atoms with Crippen LogP contribution in [0.1, 0.15) is 47.7 Å². The first-order valence-corrected chi connectivity index (χ1v) is 14.0. The van der Waals surface area contributed by atoms with Gasteiger partial charge in [-0.25, -0.2) is 0 Å². The number of hydrogen-bond acceptors (Lipinski definition) is 3. The van der Waals surface area contributed by atoms with Crippen molar-refractivity contribution in [1.29, 1.82) is 0 Å². The first kappa shape index (κ1) is 23.2. The van der Waals surface area contributed by atoms with E-state index in [2.05, 4.69) is 134 Å². The van der Waals surface area contributed by atoms with Crippen LogP contribution < -0.4 is 15.4 Å². The number of ether oxygens (including phenoxy) is 1. The fraction of sp³-hybridized carbons (Fsp3) is 0.135. The Morgan fingerprint density at radius 2 is 1.50 bits per heavy atom. The summed E-state index contributed by atoms with van der Waals surface area (Å²) in [6.45, 7) is 5.41. The van der Waals surface area contributed by atoms with Crippen LogP contribution in [-0.4, -0.2) is 6.54 Å². The van der Waals surface area contributed by atoms with Crippen LogP contribution >= 0.6 is 0 Å². The summed E-state index contributed by atoms with van der Waals surface area (Å²) in [7, 11) is 0. The van der Waals surface area contributed by atoms with Gasteiger partial charge in [0.2, 0.25) is 0 Å². The normalized spacial score (nSPS) is 17.5. The molecular formula is C37H30N2O. The third-order valence-electron chi connectivity index (χ3n) is 8.77. The molecule has 0 spiro atoms. The summed E-state index contributed by atoms with van der Waals surface area (Å²) in [6, 6.07) is 32.9. The van der Waals surface area contributed by atoms with Crippen molar-refractivity contribution >= 4 is 34.3 Å². The van der Waals surface area contributed by atoms with Crippen LogP contribution in [0.2, 0.25) is 0 Å². The molecule has 1 atom stereocenters. The highest BCUT2D eigenvalue weighted by molar-refractivity contribution is 6.00. The molecule has 0 aromatic heterocycles. The van der Waals surface area contributed by atoms with Crippen molar-refractivity contribution in [2.24, 2.45) is 0 Å². The van der Waals surface area contributed by atoms with Crippen LogP contribution in [0, 0.1) is 0 Å². The van der Waals surface area contributed by atoms with Gasteiger partial charge in [-0.2, -0.15) is 0 Å². The number of para-hydroxylation sites is 1. The van der Waals surface area contributed by atoms with Crippen LogP contribution in [-0.2, 0) is 5.41 Å². The molecule has 5 aromatic carbocycles. The molecule has 5 aromatic rings. The number of fused-ring (bicyclic) bond motifs is 6. The lowest BCUT2D eigenvalue weighted by atomic mass is 9.75. The Balaban J connectivity index is 1.21. The minimum absolute atomic E-state index is 0.0785. The maximum atomic E-state index is 6.46. The van der Waals surface area contributed by atoms with Gasteiger partial charge in [0.15, 0.2) is 0 Å². The molecule has 3 nitrogen and oxygen atoms in total. The lowest BCUT2D eigenvalue weighted by Crippen LogP contribution is -2.24. The van der Waals surface area contributed by atoms with Crippen molar-refractivity contribution in [1.82, 2.24) is 0 Å². The molecule has 0 radical (unpaired) electrons. The fourth-order valence-electron chi connectivity index (χ4n) is 6.66. The van der Waals surface area contributed by atoms with Crippen molar-refractivity contribution in [3.8, 4) is 22.6 Å². The second-order valence-electron chi connectivity index (χ2n) is 11.4. The first-order valence-electron chi connectivity index (χ1n) is 14.0. The largest absolute Gasteiger partial charge is 0.457 e. The molecule has 3 heterocycles. The number of anilines is 2. The van der Waals surface area contributed by atoms with E-state index in [1.54, 1.807) is 0 Å². The van der Waals surface area contributed by atoms with Crippen molar-refractivity contribution in [3.63, 3.8) is 0 Å². The van der Waals surface area contributed by atoms with E-state index in [-0.39, 0.29) is 11.5 Å². The molecule has 3 aliphatic heterocycles. The van der Waals surface area contributed by atoms with Gasteiger partial charge in [0, 0.05) is 23.1 Å². The van der Waals surface area contributed by atoms with Crippen molar-refractivity contribution in [2.45, 2.75) is 25.3 Å². The summed E-state index contributed by atoms with van der Waals surface area (Å²) < 4.78 is 6.46. The van der Waals surface area contributed by atoms with E-state index < -0.39 is 0 Å². The van der Waals surface area contributed by atoms with E-state index in [1.165, 1.54) is 61.1 Å². The van der Waals surface area contributed by atoms with Crippen LogP contribution in [0.4, 0.5) is 11.4 Å². The van der Waals surface area contributed by atoms with Gasteiger partial charge in [-0.15, -0.1) is 0 Å². The predicted molar refractivity (Wildman–Crippen MR) is 167 cm³/mol. The highest BCUT2D eigenvalue weighted by Crippen LogP contribution is 2.49. The summed E-state index contributed by atoms with van der Waals surface area (Å²) in [5.74, 6) is 1.88. The Bertz CT molecular complexity index is 1890. The molecule has 8 rings (SSSR count). The predicted octanol–water partition coefficient (Wildman–Crippen LogP) is 9.56. The minimum atomic E-state index is -0.117. The van der Waals surface area contributed by atoms with E-state index in [4.69, 9.17) is 4.74 Å². The Morgan fingerprint density at radius 1 is 0.725 bits per heavy atom. The third kappa shape index (κ3) is 3.44. The number of benzene rings is 5. The van der Waals surface area contributed by atoms with Crippen LogP contribution in [0.5, 0.6) is 11.5 Å². The van der Waals surface area contributed by atoms with Gasteiger partial charge in [-0.05, 0) is 50.7 Å². The van der Waals surface area contributed by atoms with E-state index in [9.17, 15) is 0 Å². The average molecular weight is 519 g/mol. The molecule has 0 bridgehead atoms. The fourth-order valence-corrected chi connectivity index (χ4v) is 6.66. The van der Waals surface area contributed by atoms with Gasteiger partial charge in [-0.1, -0.05) is 117 Å². The molecule has 0 fully saturated rings. The summed E-state index contributed by atoms with van der Waals surface area (Å²) >= 11 is 0. The Kier molecular flexibility index (Phi) is 4.99. The van der Waals surface area contributed by atoms with Gasteiger partial charge in [0.1, 0.15) is 11.5 Å². The average Bonchev–Trinajstić information content (AvgIpc) is 3.00. The molecule has 0 saturated carbocycles. The number of nitrogens with one attached hydrogen (secondary N) is 2. The summed E-state index contributed by atoms with van der Waals surface area (Å²) in [6.07, 6.45) is 8.90. The molecule has 3 heteroatoms. The van der Waals surface area contributed by atoms with Gasteiger partial charge in [0.25, 0.3) is 0 Å². The van der Waals surface area contributed by atoms with Crippen molar-refractivity contribution < 1.29 is 4.74 Å². The zero-order valence-electron chi connectivity index (χ0n) is 22.7. The maximum absolute atomic E-state index is 6.46. The van der Waals surface area contributed by atoms with Crippen molar-refractivity contribution in [3.05, 3.63) is 131 Å². The zero-order valence-corrected chi connectivity index (χ0v) is 22.7. The molecule has 0 amide bonds. The Hall–Kier alpha value is -4.76. The summed E-state index contributed by atoms with van der Waals surface area (Å²) in [5, 5.41) is 9.92. The molecule has 194 valence electrons. The van der Waals surface area contributed by atoms with Crippen LogP contribution in [0.3, 0.4) is 0 Å². The number of hydrogen-bond donors (Lipinski definition) is 2. The quantitative estimate of drug-likeness (QED) is 0.244. The van der Waals surface area contributed by atoms with E-state index >= 15 is 0 Å². The molecule has 0 aliphatic carbocycles. The summed E-state index contributed by atoms with van der Waals surface area (Å²) in [4.78, 5) is 0. The maximum Gasteiger partial charge on any atom is 0.132 e. The second-order valence-corrected chi connectivity index (χ2v) is 11.4. The molecule has 0 saturated heterocycles. The SMILES string of the molecule is CC1(C)c2ccccc2Oc2cc(-c3ccc(C4C=Cc5ccc6c(c5N4)NCC=C6)c4ccccc34)ccc21. The van der Waals surface area contributed by atoms with Gasteiger partial charge in [-0.3, -0.25) is 0 Å². The van der Waals surface area contributed by atoms with Gasteiger partial charge < -0.3 is 15.4 Å². The molecule has 1 unspecified atom stereocenters. The second kappa shape index (κ2) is 8.62. The third-order valence-corrected chi connectivity index (χ3v) is 8.77. The molecular weight excluding hydrogens is 488 g/mol. The minimum Gasteiger partial charge on any atom is -0.457 e. The Morgan fingerprint density at radius 3 is 2.40 bits per heavy atom. The molecule has 40 heavy (non-hydrogen) atoms. The van der Waals surface area contributed by atoms with Gasteiger partial charge >= 0.3 is 0 Å². The standard InChI is InChI=1S/C37H30N2O/c1-37(2)30-11-5-6-12-33(30)40-34-22-25(15-19-31(34)37)26-17-18-29(28-10-4-3-9-27(26)28)32-20-16-24-14-13-23-8-7-21-38-35(23)36(24)39-32/h3-20,22,32,38-39H,21H2,1-2H3. The van der Waals surface area contributed by atoms with Crippen molar-refractivity contribution in [2.75, 3.05) is 17.2 Å². The highest BCUT2D eigenvalue weighted by atomic mass is 16.5. The summed E-state index contributed by atoms with van der Waals surface area (Å²) in [5.41, 5.74) is 10.8. The van der Waals surface area contributed by atoms with E-state index in [0.717, 1.165) is 18.0 Å². The number of rotatable bonds is 2. The van der Waals surface area contributed by atoms with Crippen LogP contribution in [0.15, 0.2) is 103 Å². The first-order chi connectivity index (χ1) is 19.6. The van der Waals surface area contributed by atoms with Gasteiger partial charge in [0.05, 0.1) is 17.4 Å². The van der Waals surface area contributed by atoms with E-state index in [0.29, 0.717) is 0 Å². The smallest absolute Gasteiger partial charge is 0.132 e. The lowest BCUT2D eigenvalue weighted by molar-refractivity contribution is 0.418. The van der Waals surface area contributed by atoms with E-state index in [1.807, 2.05) is 6.07 Å².